The van der Waals surface area contributed by atoms with E-state index >= 15 is 0 Å². The number of hydrazine groups is 1. The third-order valence-corrected chi connectivity index (χ3v) is 5.19. The molecule has 4 rings (SSSR count). The Hall–Kier alpha value is -5.31. The van der Waals surface area contributed by atoms with Crippen LogP contribution in [0.1, 0.15) is 11.3 Å². The largest absolute Gasteiger partial charge is 0.496 e. The average molecular weight is 500 g/mol. The molecule has 12 nitrogen and oxygen atoms in total. The summed E-state index contributed by atoms with van der Waals surface area (Å²) in [6.45, 7) is 0.886. The van der Waals surface area contributed by atoms with E-state index in [1.165, 1.54) is 6.39 Å². The number of aliphatic imine (C=N–C) groups is 1. The second-order valence-electron chi connectivity index (χ2n) is 7.74. The van der Waals surface area contributed by atoms with Crippen molar-refractivity contribution >= 4 is 23.7 Å². The third-order valence-electron chi connectivity index (χ3n) is 5.19. The van der Waals surface area contributed by atoms with Crippen LogP contribution in [-0.4, -0.2) is 46.0 Å². The minimum Gasteiger partial charge on any atom is -0.496 e. The molecule has 0 saturated carbocycles. The molecule has 0 radical (unpaired) electrons. The Morgan fingerprint density at radius 1 is 1.27 bits per heavy atom. The van der Waals surface area contributed by atoms with E-state index in [1.807, 2.05) is 24.4 Å². The van der Waals surface area contributed by atoms with Gasteiger partial charge in [-0.1, -0.05) is 12.1 Å². The van der Waals surface area contributed by atoms with Crippen LogP contribution in [-0.2, 0) is 13.0 Å². The molecule has 2 amide bonds. The molecule has 0 spiro atoms. The average Bonchev–Trinajstić information content (AvgIpc) is 3.62. The Morgan fingerprint density at radius 2 is 2.14 bits per heavy atom. The third kappa shape index (κ3) is 7.09. The zero-order valence-electron chi connectivity index (χ0n) is 20.0. The van der Waals surface area contributed by atoms with E-state index < -0.39 is 6.03 Å². The molecule has 4 aromatic rings. The fraction of sp³-hybridized carbons (Fsp3) is 0.160. The smallest absolute Gasteiger partial charge is 0.323 e. The number of benzene rings is 2. The van der Waals surface area contributed by atoms with Crippen LogP contribution >= 0.6 is 0 Å². The van der Waals surface area contributed by atoms with Crippen molar-refractivity contribution in [3.8, 4) is 23.3 Å². The van der Waals surface area contributed by atoms with Gasteiger partial charge in [0.2, 0.25) is 0 Å². The van der Waals surface area contributed by atoms with Crippen molar-refractivity contribution in [2.75, 3.05) is 24.3 Å². The summed E-state index contributed by atoms with van der Waals surface area (Å²) in [6.07, 6.45) is 10.5. The fourth-order valence-corrected chi connectivity index (χ4v) is 3.48. The van der Waals surface area contributed by atoms with Crippen molar-refractivity contribution in [1.82, 2.24) is 25.4 Å². The zero-order valence-corrected chi connectivity index (χ0v) is 20.0. The van der Waals surface area contributed by atoms with Gasteiger partial charge in [-0.2, -0.15) is 5.26 Å². The molecular formula is C25H25N9O3. The van der Waals surface area contributed by atoms with E-state index in [0.29, 0.717) is 42.4 Å². The number of carbonyl (C=O) groups is 1. The molecule has 0 unspecified atom stereocenters. The van der Waals surface area contributed by atoms with Crippen LogP contribution < -0.4 is 20.8 Å². The maximum absolute atomic E-state index is 12.6. The van der Waals surface area contributed by atoms with Crippen molar-refractivity contribution in [3.63, 3.8) is 0 Å². The molecule has 0 aliphatic rings. The molecule has 4 N–H and O–H groups in total. The number of anilines is 2. The van der Waals surface area contributed by atoms with Gasteiger partial charge in [0.05, 0.1) is 37.4 Å². The van der Waals surface area contributed by atoms with Crippen LogP contribution in [0.15, 0.2) is 77.0 Å². The lowest BCUT2D eigenvalue weighted by Gasteiger charge is -2.15. The first-order valence-electron chi connectivity index (χ1n) is 11.3. The maximum Gasteiger partial charge on any atom is 0.323 e. The number of urea groups is 1. The van der Waals surface area contributed by atoms with Crippen molar-refractivity contribution in [1.29, 1.82) is 5.26 Å². The SMILES string of the molecule is COc1cc(NC(=O)Nc2cccc(CN=CN(CCc3c[nH]cn3)NC#N)c2)ccc1-c1cnco1. The van der Waals surface area contributed by atoms with Gasteiger partial charge < -0.3 is 24.8 Å². The van der Waals surface area contributed by atoms with Crippen molar-refractivity contribution in [3.05, 3.63) is 78.8 Å². The number of carbonyl (C=O) groups excluding carboxylic acids is 1. The number of methoxy groups -OCH3 is 1. The number of nitrogens with one attached hydrogen (secondary N) is 4. The standard InChI is InChI=1S/C25H25N9O3/c1-36-23-10-20(5-6-22(23)24-13-29-17-37-24)33-25(35)32-19-4-2-3-18(9-19)11-28-16-34(31-14-26)8-7-21-12-27-15-30-21/h2-6,9-10,12-13,15-17,31H,7-8,11H2,1H3,(H,27,30)(H2,32,33,35). The Bertz CT molecular complexity index is 1360. The predicted molar refractivity (Wildman–Crippen MR) is 138 cm³/mol. The molecule has 0 bridgehead atoms. The van der Waals surface area contributed by atoms with E-state index in [4.69, 9.17) is 14.4 Å². The quantitative estimate of drug-likeness (QED) is 0.0798. The van der Waals surface area contributed by atoms with Crippen molar-refractivity contribution in [2.24, 2.45) is 4.99 Å². The van der Waals surface area contributed by atoms with Crippen LogP contribution in [0, 0.1) is 11.5 Å². The molecule has 0 atom stereocenters. The molecule has 0 aliphatic heterocycles. The molecule has 0 fully saturated rings. The highest BCUT2D eigenvalue weighted by Gasteiger charge is 2.11. The molecule has 2 aromatic heterocycles. The maximum atomic E-state index is 12.6. The Morgan fingerprint density at radius 3 is 2.86 bits per heavy atom. The van der Waals surface area contributed by atoms with Crippen LogP contribution in [0.2, 0.25) is 0 Å². The molecule has 12 heteroatoms. The summed E-state index contributed by atoms with van der Waals surface area (Å²) in [7, 11) is 1.54. The highest BCUT2D eigenvalue weighted by Crippen LogP contribution is 2.32. The summed E-state index contributed by atoms with van der Waals surface area (Å²) in [5, 5.41) is 16.2. The number of hydrogen-bond acceptors (Lipinski definition) is 8. The summed E-state index contributed by atoms with van der Waals surface area (Å²) in [5.41, 5.74) is 6.25. The number of hydrogen-bond donors (Lipinski definition) is 4. The second-order valence-corrected chi connectivity index (χ2v) is 7.74. The second kappa shape index (κ2) is 12.4. The van der Waals surface area contributed by atoms with Crippen molar-refractivity contribution < 1.29 is 13.9 Å². The van der Waals surface area contributed by atoms with Gasteiger partial charge in [0.1, 0.15) is 12.1 Å². The first-order chi connectivity index (χ1) is 18.1. The summed E-state index contributed by atoms with van der Waals surface area (Å²) in [5.74, 6) is 1.11. The molecule has 2 aromatic carbocycles. The van der Waals surface area contributed by atoms with Gasteiger partial charge in [-0.25, -0.2) is 20.2 Å². The number of nitrogens with zero attached hydrogens (tertiary/aromatic N) is 5. The minimum atomic E-state index is -0.405. The van der Waals surface area contributed by atoms with Gasteiger partial charge in [0.25, 0.3) is 0 Å². The van der Waals surface area contributed by atoms with E-state index in [-0.39, 0.29) is 0 Å². The van der Waals surface area contributed by atoms with Gasteiger partial charge in [-0.15, -0.1) is 0 Å². The van der Waals surface area contributed by atoms with Crippen LogP contribution in [0.3, 0.4) is 0 Å². The number of aromatic nitrogens is 3. The highest BCUT2D eigenvalue weighted by molar-refractivity contribution is 6.00. The Labute approximate surface area is 213 Å². The monoisotopic (exact) mass is 499 g/mol. The zero-order chi connectivity index (χ0) is 25.9. The van der Waals surface area contributed by atoms with E-state index in [9.17, 15) is 4.79 Å². The number of imidazole rings is 1. The Kier molecular flexibility index (Phi) is 8.32. The molecule has 37 heavy (non-hydrogen) atoms. The number of rotatable bonds is 11. The lowest BCUT2D eigenvalue weighted by Crippen LogP contribution is -2.35. The Balaban J connectivity index is 1.32. The lowest BCUT2D eigenvalue weighted by molar-refractivity contribution is 0.262. The van der Waals surface area contributed by atoms with Gasteiger partial charge in [-0.05, 0) is 29.8 Å². The molecule has 0 saturated heterocycles. The molecule has 0 aliphatic carbocycles. The number of ether oxygens (including phenoxy) is 1. The van der Waals surface area contributed by atoms with Gasteiger partial charge in [-0.3, -0.25) is 10.0 Å². The lowest BCUT2D eigenvalue weighted by atomic mass is 10.1. The van der Waals surface area contributed by atoms with E-state index in [2.05, 4.69) is 36.0 Å². The summed E-state index contributed by atoms with van der Waals surface area (Å²) >= 11 is 0. The number of nitriles is 1. The van der Waals surface area contributed by atoms with E-state index in [1.54, 1.807) is 61.4 Å². The highest BCUT2D eigenvalue weighted by atomic mass is 16.5. The normalized spacial score (nSPS) is 10.6. The number of oxazole rings is 1. The molecule has 188 valence electrons. The summed E-state index contributed by atoms with van der Waals surface area (Å²) < 4.78 is 10.8. The molecule has 2 heterocycles. The first kappa shape index (κ1) is 24.8. The number of H-pyrrole nitrogens is 1. The first-order valence-corrected chi connectivity index (χ1v) is 11.3. The summed E-state index contributed by atoms with van der Waals surface area (Å²) in [6, 6.07) is 12.2. The predicted octanol–water partition coefficient (Wildman–Crippen LogP) is 3.78. The van der Waals surface area contributed by atoms with Crippen LogP contribution in [0.5, 0.6) is 5.75 Å². The van der Waals surface area contributed by atoms with E-state index in [0.717, 1.165) is 16.8 Å². The number of amides is 2. The van der Waals surface area contributed by atoms with Gasteiger partial charge in [0, 0.05) is 36.6 Å². The van der Waals surface area contributed by atoms with Crippen LogP contribution in [0.4, 0.5) is 16.2 Å². The van der Waals surface area contributed by atoms with Gasteiger partial charge in [0.15, 0.2) is 18.3 Å². The van der Waals surface area contributed by atoms with Crippen LogP contribution in [0.25, 0.3) is 11.3 Å². The number of aromatic amines is 1. The minimum absolute atomic E-state index is 0.365. The molecular weight excluding hydrogens is 474 g/mol. The fourth-order valence-electron chi connectivity index (χ4n) is 3.48. The van der Waals surface area contributed by atoms with Crippen molar-refractivity contribution in [2.45, 2.75) is 13.0 Å². The topological polar surface area (TPSA) is 156 Å². The summed E-state index contributed by atoms with van der Waals surface area (Å²) in [4.78, 5) is 28.0. The van der Waals surface area contributed by atoms with Gasteiger partial charge >= 0.3 is 6.03 Å².